The molecule has 94 valence electrons. The van der Waals surface area contributed by atoms with Crippen LogP contribution in [0.1, 0.15) is 12.8 Å². The summed E-state index contributed by atoms with van der Waals surface area (Å²) in [5, 5.41) is 2.30. The first-order valence-corrected chi connectivity index (χ1v) is 5.67. The fraction of sp³-hybridized carbons (Fsp3) is 0.300. The second-order valence-electron chi connectivity index (χ2n) is 3.29. The lowest BCUT2D eigenvalue weighted by Gasteiger charge is -2.08. The highest BCUT2D eigenvalue weighted by Gasteiger charge is 2.27. The van der Waals surface area contributed by atoms with Gasteiger partial charge in [-0.1, -0.05) is 0 Å². The summed E-state index contributed by atoms with van der Waals surface area (Å²) in [6.07, 6.45) is -6.17. The molecule has 0 saturated carbocycles. The van der Waals surface area contributed by atoms with Gasteiger partial charge in [-0.2, -0.15) is 13.2 Å². The van der Waals surface area contributed by atoms with Gasteiger partial charge < -0.3 is 5.32 Å². The van der Waals surface area contributed by atoms with Crippen molar-refractivity contribution >= 4 is 34.2 Å². The average Bonchev–Trinajstić information content (AvgIpc) is 2.18. The first-order valence-electron chi connectivity index (χ1n) is 4.59. The SMILES string of the molecule is O=C(CCC(F)(F)F)Nc1ccc(F)cc1I. The number of alkyl halides is 3. The Kier molecular flexibility index (Phi) is 4.72. The van der Waals surface area contributed by atoms with E-state index in [1.165, 1.54) is 12.1 Å². The molecule has 0 atom stereocenters. The summed E-state index contributed by atoms with van der Waals surface area (Å²) < 4.78 is 48.7. The molecule has 0 spiro atoms. The van der Waals surface area contributed by atoms with E-state index in [1.807, 2.05) is 0 Å². The summed E-state index contributed by atoms with van der Waals surface area (Å²) in [6.45, 7) is 0. The number of hydrogen-bond donors (Lipinski definition) is 1. The van der Waals surface area contributed by atoms with Gasteiger partial charge in [-0.25, -0.2) is 4.39 Å². The van der Waals surface area contributed by atoms with Gasteiger partial charge >= 0.3 is 6.18 Å². The predicted molar refractivity (Wildman–Crippen MR) is 63.0 cm³/mol. The molecule has 0 aliphatic carbocycles. The Morgan fingerprint density at radius 1 is 1.35 bits per heavy atom. The molecule has 1 aromatic rings. The Balaban J connectivity index is 2.57. The van der Waals surface area contributed by atoms with Crippen molar-refractivity contribution in [1.29, 1.82) is 0 Å². The molecule has 0 unspecified atom stereocenters. The van der Waals surface area contributed by atoms with Crippen LogP contribution in [0, 0.1) is 9.39 Å². The van der Waals surface area contributed by atoms with Crippen LogP contribution in [0.4, 0.5) is 23.2 Å². The van der Waals surface area contributed by atoms with E-state index >= 15 is 0 Å². The summed E-state index contributed by atoms with van der Waals surface area (Å²) in [4.78, 5) is 11.2. The highest BCUT2D eigenvalue weighted by Crippen LogP contribution is 2.23. The van der Waals surface area contributed by atoms with Crippen LogP contribution in [0.5, 0.6) is 0 Å². The summed E-state index contributed by atoms with van der Waals surface area (Å²) in [7, 11) is 0. The van der Waals surface area contributed by atoms with Crippen LogP contribution in [0.3, 0.4) is 0 Å². The Labute approximate surface area is 109 Å². The summed E-state index contributed by atoms with van der Waals surface area (Å²) in [5.41, 5.74) is 0.305. The molecule has 1 aromatic carbocycles. The molecule has 0 saturated heterocycles. The number of halogens is 5. The zero-order valence-electron chi connectivity index (χ0n) is 8.44. The fourth-order valence-corrected chi connectivity index (χ4v) is 1.67. The number of anilines is 1. The molecule has 17 heavy (non-hydrogen) atoms. The van der Waals surface area contributed by atoms with Gasteiger partial charge in [-0.05, 0) is 40.8 Å². The van der Waals surface area contributed by atoms with Gasteiger partial charge in [0.2, 0.25) is 5.91 Å². The van der Waals surface area contributed by atoms with E-state index in [-0.39, 0.29) is 0 Å². The van der Waals surface area contributed by atoms with Gasteiger partial charge in [0, 0.05) is 9.99 Å². The molecule has 0 heterocycles. The van der Waals surface area contributed by atoms with Gasteiger partial charge in [0.25, 0.3) is 0 Å². The number of rotatable bonds is 3. The fourth-order valence-electron chi connectivity index (χ4n) is 1.06. The van der Waals surface area contributed by atoms with E-state index in [0.717, 1.165) is 6.07 Å². The van der Waals surface area contributed by atoms with E-state index in [1.54, 1.807) is 22.6 Å². The normalized spacial score (nSPS) is 11.4. The minimum absolute atomic E-state index is 0.305. The minimum Gasteiger partial charge on any atom is -0.325 e. The van der Waals surface area contributed by atoms with Crippen molar-refractivity contribution in [1.82, 2.24) is 0 Å². The van der Waals surface area contributed by atoms with Gasteiger partial charge in [-0.3, -0.25) is 4.79 Å². The van der Waals surface area contributed by atoms with E-state index in [9.17, 15) is 22.4 Å². The lowest BCUT2D eigenvalue weighted by Crippen LogP contribution is -2.17. The Morgan fingerprint density at radius 3 is 2.53 bits per heavy atom. The van der Waals surface area contributed by atoms with Gasteiger partial charge in [0.05, 0.1) is 12.1 Å². The largest absolute Gasteiger partial charge is 0.389 e. The number of carbonyl (C=O) groups excluding carboxylic acids is 1. The molecule has 7 heteroatoms. The standard InChI is InChI=1S/C10H8F4INO/c11-6-1-2-8(7(15)5-6)16-9(17)3-4-10(12,13)14/h1-2,5H,3-4H2,(H,16,17). The molecule has 0 aliphatic rings. The topological polar surface area (TPSA) is 29.1 Å². The molecule has 0 aromatic heterocycles. The smallest absolute Gasteiger partial charge is 0.325 e. The van der Waals surface area contributed by atoms with E-state index in [2.05, 4.69) is 5.32 Å². The van der Waals surface area contributed by atoms with Crippen LogP contribution in [-0.2, 0) is 4.79 Å². The van der Waals surface area contributed by atoms with E-state index < -0.39 is 30.7 Å². The second-order valence-corrected chi connectivity index (χ2v) is 4.45. The summed E-state index contributed by atoms with van der Waals surface area (Å²) in [5.74, 6) is -1.21. The molecule has 0 radical (unpaired) electrons. The van der Waals surface area contributed by atoms with Crippen LogP contribution in [-0.4, -0.2) is 12.1 Å². The van der Waals surface area contributed by atoms with Gasteiger partial charge in [0.1, 0.15) is 5.82 Å². The van der Waals surface area contributed by atoms with E-state index in [4.69, 9.17) is 0 Å². The number of carbonyl (C=O) groups is 1. The number of hydrogen-bond acceptors (Lipinski definition) is 1. The second kappa shape index (κ2) is 5.65. The molecule has 1 amide bonds. The van der Waals surface area contributed by atoms with Crippen molar-refractivity contribution in [2.45, 2.75) is 19.0 Å². The lowest BCUT2D eigenvalue weighted by atomic mass is 10.2. The summed E-state index contributed by atoms with van der Waals surface area (Å²) in [6, 6.07) is 3.62. The van der Waals surface area contributed by atoms with Crippen molar-refractivity contribution in [2.24, 2.45) is 0 Å². The maximum atomic E-state index is 12.7. The zero-order valence-corrected chi connectivity index (χ0v) is 10.6. The molecular formula is C10H8F4INO. The molecular weight excluding hydrogens is 353 g/mol. The zero-order chi connectivity index (χ0) is 13.1. The Morgan fingerprint density at radius 2 is 2.00 bits per heavy atom. The Bertz CT molecular complexity index is 419. The van der Waals surface area contributed by atoms with Crippen molar-refractivity contribution in [3.8, 4) is 0 Å². The number of nitrogens with one attached hydrogen (secondary N) is 1. The van der Waals surface area contributed by atoms with Crippen LogP contribution in [0.15, 0.2) is 18.2 Å². The minimum atomic E-state index is -4.35. The van der Waals surface area contributed by atoms with Crippen LogP contribution in [0.25, 0.3) is 0 Å². The maximum Gasteiger partial charge on any atom is 0.389 e. The third kappa shape index (κ3) is 5.33. The van der Waals surface area contributed by atoms with Crippen LogP contribution in [0.2, 0.25) is 0 Å². The van der Waals surface area contributed by atoms with Gasteiger partial charge in [-0.15, -0.1) is 0 Å². The molecule has 0 aliphatic heterocycles. The molecule has 2 nitrogen and oxygen atoms in total. The summed E-state index contributed by atoms with van der Waals surface area (Å²) >= 11 is 1.79. The lowest BCUT2D eigenvalue weighted by molar-refractivity contribution is -0.142. The monoisotopic (exact) mass is 361 g/mol. The first-order chi connectivity index (χ1) is 7.78. The van der Waals surface area contributed by atoms with Crippen molar-refractivity contribution < 1.29 is 22.4 Å². The van der Waals surface area contributed by atoms with E-state index in [0.29, 0.717) is 9.26 Å². The van der Waals surface area contributed by atoms with Crippen molar-refractivity contribution in [3.05, 3.63) is 27.6 Å². The third-order valence-electron chi connectivity index (χ3n) is 1.84. The number of amides is 1. The van der Waals surface area contributed by atoms with Gasteiger partial charge in [0.15, 0.2) is 0 Å². The first kappa shape index (κ1) is 14.2. The van der Waals surface area contributed by atoms with Crippen LogP contribution < -0.4 is 5.32 Å². The third-order valence-corrected chi connectivity index (χ3v) is 2.73. The highest BCUT2D eigenvalue weighted by molar-refractivity contribution is 14.1. The molecule has 1 N–H and O–H groups in total. The Hall–Kier alpha value is -0.860. The van der Waals surface area contributed by atoms with Crippen molar-refractivity contribution in [2.75, 3.05) is 5.32 Å². The average molecular weight is 361 g/mol. The molecule has 1 rings (SSSR count). The number of benzene rings is 1. The maximum absolute atomic E-state index is 12.7. The quantitative estimate of drug-likeness (QED) is 0.646. The molecule has 0 fully saturated rings. The highest BCUT2D eigenvalue weighted by atomic mass is 127. The van der Waals surface area contributed by atoms with Crippen molar-refractivity contribution in [3.63, 3.8) is 0 Å². The predicted octanol–water partition coefficient (Wildman–Crippen LogP) is 3.71. The molecule has 0 bridgehead atoms. The van der Waals surface area contributed by atoms with Crippen LogP contribution >= 0.6 is 22.6 Å².